The van der Waals surface area contributed by atoms with Gasteiger partial charge >= 0.3 is 0 Å². The molecular formula is C15H16N2O2. The first-order chi connectivity index (χ1) is 9.31. The number of para-hydroxylation sites is 1. The number of anilines is 1. The second-order valence-electron chi connectivity index (χ2n) is 3.62. The molecule has 4 nitrogen and oxygen atoms in total. The van der Waals surface area contributed by atoms with Gasteiger partial charge in [0.1, 0.15) is 6.61 Å². The van der Waals surface area contributed by atoms with Crippen molar-refractivity contribution in [3.8, 4) is 11.1 Å². The standard InChI is InChI=1S/C14H13NO2.CH3N/c16-10-14(17)15-13-9-5-4-8-12(13)11-6-2-1-3-7-11;1-2/h1-9,16H,10H2,(H,15,17);2H,1H2. The van der Waals surface area contributed by atoms with Crippen molar-refractivity contribution in [3.05, 3.63) is 54.6 Å². The first-order valence-corrected chi connectivity index (χ1v) is 5.72. The van der Waals surface area contributed by atoms with Gasteiger partial charge in [0.05, 0.1) is 0 Å². The maximum Gasteiger partial charge on any atom is 0.250 e. The highest BCUT2D eigenvalue weighted by atomic mass is 16.3. The summed E-state index contributed by atoms with van der Waals surface area (Å²) in [4.78, 5) is 11.2. The summed E-state index contributed by atoms with van der Waals surface area (Å²) in [6, 6.07) is 17.3. The van der Waals surface area contributed by atoms with Gasteiger partial charge in [-0.05, 0) is 18.3 Å². The summed E-state index contributed by atoms with van der Waals surface area (Å²) in [6.07, 6.45) is 0. The molecule has 0 unspecified atom stereocenters. The van der Waals surface area contributed by atoms with Gasteiger partial charge in [-0.25, -0.2) is 0 Å². The van der Waals surface area contributed by atoms with Crippen LogP contribution < -0.4 is 5.32 Å². The summed E-state index contributed by atoms with van der Waals surface area (Å²) in [5.74, 6) is -0.409. The zero-order chi connectivity index (χ0) is 14.1. The normalized spacial score (nSPS) is 9.11. The van der Waals surface area contributed by atoms with E-state index < -0.39 is 12.5 Å². The molecular weight excluding hydrogens is 240 g/mol. The average molecular weight is 256 g/mol. The number of rotatable bonds is 3. The predicted molar refractivity (Wildman–Crippen MR) is 77.4 cm³/mol. The quantitative estimate of drug-likeness (QED) is 0.738. The fraction of sp³-hybridized carbons (Fsp3) is 0.0667. The van der Waals surface area contributed by atoms with E-state index in [0.29, 0.717) is 5.69 Å². The van der Waals surface area contributed by atoms with Gasteiger partial charge in [0.15, 0.2) is 0 Å². The van der Waals surface area contributed by atoms with Crippen LogP contribution in [0.1, 0.15) is 0 Å². The SMILES string of the molecule is C=N.O=C(CO)Nc1ccccc1-c1ccccc1. The molecule has 2 aromatic carbocycles. The van der Waals surface area contributed by atoms with Crippen molar-refractivity contribution in [2.24, 2.45) is 0 Å². The number of aliphatic hydroxyl groups is 1. The Labute approximate surface area is 112 Å². The second kappa shape index (κ2) is 7.79. The minimum absolute atomic E-state index is 0.409. The molecule has 0 bridgehead atoms. The van der Waals surface area contributed by atoms with Gasteiger partial charge in [0, 0.05) is 11.3 Å². The summed E-state index contributed by atoms with van der Waals surface area (Å²) >= 11 is 0. The Hall–Kier alpha value is -2.46. The summed E-state index contributed by atoms with van der Waals surface area (Å²) in [7, 11) is 0. The van der Waals surface area contributed by atoms with E-state index in [1.807, 2.05) is 54.6 Å². The summed E-state index contributed by atoms with van der Waals surface area (Å²) in [5, 5.41) is 16.9. The molecule has 1 amide bonds. The number of nitrogens with one attached hydrogen (secondary N) is 2. The number of benzene rings is 2. The van der Waals surface area contributed by atoms with E-state index in [0.717, 1.165) is 11.1 Å². The van der Waals surface area contributed by atoms with Crippen LogP contribution in [0.15, 0.2) is 54.6 Å². The lowest BCUT2D eigenvalue weighted by Gasteiger charge is -2.10. The zero-order valence-electron chi connectivity index (χ0n) is 10.5. The van der Waals surface area contributed by atoms with E-state index in [2.05, 4.69) is 12.0 Å². The first kappa shape index (κ1) is 14.6. The predicted octanol–water partition coefficient (Wildman–Crippen LogP) is 2.55. The molecule has 0 aliphatic carbocycles. The molecule has 0 fully saturated rings. The molecule has 0 radical (unpaired) electrons. The Morgan fingerprint density at radius 3 is 2.26 bits per heavy atom. The third kappa shape index (κ3) is 4.04. The zero-order valence-corrected chi connectivity index (χ0v) is 10.5. The number of hydrogen-bond donors (Lipinski definition) is 3. The van der Waals surface area contributed by atoms with Crippen molar-refractivity contribution in [1.29, 1.82) is 5.41 Å². The molecule has 0 saturated heterocycles. The molecule has 98 valence electrons. The Morgan fingerprint density at radius 1 is 1.05 bits per heavy atom. The topological polar surface area (TPSA) is 73.2 Å². The van der Waals surface area contributed by atoms with E-state index in [1.165, 1.54) is 0 Å². The lowest BCUT2D eigenvalue weighted by atomic mass is 10.0. The second-order valence-corrected chi connectivity index (χ2v) is 3.62. The van der Waals surface area contributed by atoms with Gasteiger partial charge in [-0.2, -0.15) is 0 Å². The molecule has 0 aromatic heterocycles. The molecule has 2 rings (SSSR count). The van der Waals surface area contributed by atoms with Gasteiger partial charge in [-0.15, -0.1) is 0 Å². The van der Waals surface area contributed by atoms with Crippen LogP contribution in [0.25, 0.3) is 11.1 Å². The van der Waals surface area contributed by atoms with Crippen molar-refractivity contribution in [2.45, 2.75) is 0 Å². The van der Waals surface area contributed by atoms with Gasteiger partial charge in [0.25, 0.3) is 0 Å². The lowest BCUT2D eigenvalue weighted by Crippen LogP contribution is -2.15. The fourth-order valence-electron chi connectivity index (χ4n) is 1.65. The molecule has 19 heavy (non-hydrogen) atoms. The average Bonchev–Trinajstić information content (AvgIpc) is 2.50. The number of carbonyl (C=O) groups excluding carboxylic acids is 1. The number of hydrogen-bond acceptors (Lipinski definition) is 3. The molecule has 0 heterocycles. The van der Waals surface area contributed by atoms with Crippen LogP contribution in [0, 0.1) is 5.41 Å². The van der Waals surface area contributed by atoms with Crippen LogP contribution in [0.2, 0.25) is 0 Å². The van der Waals surface area contributed by atoms with E-state index in [9.17, 15) is 4.79 Å². The molecule has 0 spiro atoms. The highest BCUT2D eigenvalue weighted by Gasteiger charge is 2.06. The summed E-state index contributed by atoms with van der Waals surface area (Å²) in [6.45, 7) is 1.99. The third-order valence-electron chi connectivity index (χ3n) is 2.43. The maximum absolute atomic E-state index is 11.2. The molecule has 0 aliphatic rings. The smallest absolute Gasteiger partial charge is 0.250 e. The van der Waals surface area contributed by atoms with Crippen molar-refractivity contribution in [1.82, 2.24) is 0 Å². The third-order valence-corrected chi connectivity index (χ3v) is 2.43. The Kier molecular flexibility index (Phi) is 5.98. The minimum Gasteiger partial charge on any atom is -0.387 e. The Morgan fingerprint density at radius 2 is 1.63 bits per heavy atom. The van der Waals surface area contributed by atoms with Gasteiger partial charge < -0.3 is 15.8 Å². The van der Waals surface area contributed by atoms with Crippen LogP contribution in [0.4, 0.5) is 5.69 Å². The molecule has 0 saturated carbocycles. The van der Waals surface area contributed by atoms with Gasteiger partial charge in [0.2, 0.25) is 5.91 Å². The highest BCUT2D eigenvalue weighted by Crippen LogP contribution is 2.27. The van der Waals surface area contributed by atoms with Crippen molar-refractivity contribution in [2.75, 3.05) is 11.9 Å². The van der Waals surface area contributed by atoms with Crippen molar-refractivity contribution < 1.29 is 9.90 Å². The van der Waals surface area contributed by atoms with Gasteiger partial charge in [-0.1, -0.05) is 48.5 Å². The van der Waals surface area contributed by atoms with E-state index in [-0.39, 0.29) is 0 Å². The van der Waals surface area contributed by atoms with Crippen molar-refractivity contribution >= 4 is 18.3 Å². The monoisotopic (exact) mass is 256 g/mol. The van der Waals surface area contributed by atoms with Crippen LogP contribution in [-0.4, -0.2) is 24.3 Å². The number of carbonyl (C=O) groups is 1. The fourth-order valence-corrected chi connectivity index (χ4v) is 1.65. The lowest BCUT2D eigenvalue weighted by molar-refractivity contribution is -0.118. The van der Waals surface area contributed by atoms with E-state index in [4.69, 9.17) is 10.5 Å². The van der Waals surface area contributed by atoms with E-state index >= 15 is 0 Å². The Bertz CT molecular complexity index is 527. The number of aliphatic hydroxyl groups excluding tert-OH is 1. The molecule has 2 aromatic rings. The van der Waals surface area contributed by atoms with Crippen molar-refractivity contribution in [3.63, 3.8) is 0 Å². The molecule has 0 aliphatic heterocycles. The first-order valence-electron chi connectivity index (χ1n) is 5.72. The molecule has 3 N–H and O–H groups in total. The molecule has 0 atom stereocenters. The van der Waals surface area contributed by atoms with Gasteiger partial charge in [-0.3, -0.25) is 4.79 Å². The van der Waals surface area contributed by atoms with Crippen LogP contribution in [0.3, 0.4) is 0 Å². The van der Waals surface area contributed by atoms with E-state index in [1.54, 1.807) is 0 Å². The highest BCUT2D eigenvalue weighted by molar-refractivity contribution is 5.96. The Balaban J connectivity index is 0.000000861. The minimum atomic E-state index is -0.511. The summed E-state index contributed by atoms with van der Waals surface area (Å²) < 4.78 is 0. The van der Waals surface area contributed by atoms with Crippen LogP contribution in [-0.2, 0) is 4.79 Å². The largest absolute Gasteiger partial charge is 0.387 e. The molecule has 4 heteroatoms. The summed E-state index contributed by atoms with van der Waals surface area (Å²) in [5.41, 5.74) is 2.67. The van der Waals surface area contributed by atoms with Crippen LogP contribution >= 0.6 is 0 Å². The maximum atomic E-state index is 11.2. The number of amides is 1. The van der Waals surface area contributed by atoms with Crippen LogP contribution in [0.5, 0.6) is 0 Å².